The zero-order chi connectivity index (χ0) is 33.1. The van der Waals surface area contributed by atoms with E-state index in [1.807, 2.05) is 0 Å². The molecule has 0 bridgehead atoms. The maximum absolute atomic E-state index is 12.8. The molecule has 1 saturated heterocycles. The second-order valence-corrected chi connectivity index (χ2v) is 11.4. The Morgan fingerprint density at radius 1 is 1.14 bits per heavy atom. The quantitative estimate of drug-likeness (QED) is 0.0230. The molecule has 0 spiro atoms. The summed E-state index contributed by atoms with van der Waals surface area (Å²) in [6, 6.07) is -3.84. The number of carboxylic acid groups (broad SMARTS) is 2. The van der Waals surface area contributed by atoms with Crippen molar-refractivity contribution in [2.75, 3.05) is 18.9 Å². The van der Waals surface area contributed by atoms with Crippen molar-refractivity contribution in [1.29, 1.82) is 0 Å². The van der Waals surface area contributed by atoms with Crippen molar-refractivity contribution in [2.45, 2.75) is 81.1 Å². The van der Waals surface area contributed by atoms with Crippen molar-refractivity contribution >= 4 is 53.4 Å². The van der Waals surface area contributed by atoms with Gasteiger partial charge in [-0.2, -0.15) is 0 Å². The van der Waals surface area contributed by atoms with Gasteiger partial charge in [0.1, 0.15) is 29.8 Å². The van der Waals surface area contributed by atoms with Gasteiger partial charge < -0.3 is 53.6 Å². The summed E-state index contributed by atoms with van der Waals surface area (Å²) in [4.78, 5) is 77.4. The molecule has 18 nitrogen and oxygen atoms in total. The number of esters is 1. The van der Waals surface area contributed by atoms with Crippen LogP contribution < -0.4 is 33.6 Å². The standard InChI is InChI=1S/C25H40N8O10S/c1-11(26)20(37)31-14(5-3-7-30-25(28)29)15(34)8-17(36)43-9-12-10-44-22-18(21(38)33(22)19(12)24(41)42)32-16(35)6-2-4-13(27)23(39)40/h11,13-15,18,22,34H,2-10,26-27H2,1H3,(H,31,37)(H,32,35)(H,39,40)(H,41,42)(H4,28,29,30)/t11-,13+,14+,15+,18+,22?/m0/s1. The first-order chi connectivity index (χ1) is 20.6. The van der Waals surface area contributed by atoms with E-state index in [-0.39, 0.29) is 55.2 Å². The molecule has 3 amide bonds. The summed E-state index contributed by atoms with van der Waals surface area (Å²) in [5, 5.41) is 33.7. The van der Waals surface area contributed by atoms with Crippen molar-refractivity contribution in [2.24, 2.45) is 27.9 Å². The molecule has 2 rings (SSSR count). The number of hydrogen-bond donors (Lipinski definition) is 9. The summed E-state index contributed by atoms with van der Waals surface area (Å²) < 4.78 is 5.22. The minimum absolute atomic E-state index is 0.0666. The van der Waals surface area contributed by atoms with Gasteiger partial charge in [0.05, 0.1) is 24.6 Å². The van der Waals surface area contributed by atoms with Crippen LogP contribution in [0, 0.1) is 0 Å². The summed E-state index contributed by atoms with van der Waals surface area (Å²) in [7, 11) is 0. The zero-order valence-electron chi connectivity index (χ0n) is 24.1. The van der Waals surface area contributed by atoms with Crippen LogP contribution in [-0.2, 0) is 33.5 Å². The molecular weight excluding hydrogens is 604 g/mol. The third kappa shape index (κ3) is 10.4. The Balaban J connectivity index is 1.97. The molecule has 0 aromatic carbocycles. The SMILES string of the molecule is C[C@H](N)C(=O)N[C@H](CCCN=C(N)N)[C@H](O)CC(=O)OCC1=C(C(=O)O)N2C(=O)[C@@H](NC(=O)CCC[C@@H](N)C(=O)O)C2SC1. The third-order valence-electron chi connectivity index (χ3n) is 6.76. The fraction of sp³-hybridized carbons (Fsp3) is 0.640. The molecule has 6 atom stereocenters. The van der Waals surface area contributed by atoms with E-state index in [1.54, 1.807) is 0 Å². The number of fused-ring (bicyclic) bond motifs is 1. The van der Waals surface area contributed by atoms with Crippen LogP contribution in [0.1, 0.15) is 45.4 Å². The molecule has 0 aliphatic carbocycles. The predicted molar refractivity (Wildman–Crippen MR) is 156 cm³/mol. The van der Waals surface area contributed by atoms with E-state index in [0.29, 0.717) is 6.42 Å². The Kier molecular flexibility index (Phi) is 13.8. The molecule has 0 aromatic heterocycles. The second-order valence-electron chi connectivity index (χ2n) is 10.3. The van der Waals surface area contributed by atoms with Crippen molar-refractivity contribution in [3.63, 3.8) is 0 Å². The van der Waals surface area contributed by atoms with E-state index in [9.17, 15) is 39.0 Å². The van der Waals surface area contributed by atoms with Gasteiger partial charge in [-0.05, 0) is 32.6 Å². The van der Waals surface area contributed by atoms with Gasteiger partial charge in [-0.1, -0.05) is 0 Å². The number of carboxylic acids is 2. The number of β-lactam (4-membered cyclic amide) rings is 1. The number of nitrogens with two attached hydrogens (primary N) is 4. The highest BCUT2D eigenvalue weighted by Crippen LogP contribution is 2.40. The van der Waals surface area contributed by atoms with Crippen molar-refractivity contribution in [3.8, 4) is 0 Å². The minimum Gasteiger partial charge on any atom is -0.480 e. The first-order valence-corrected chi connectivity index (χ1v) is 14.8. The number of nitrogens with zero attached hydrogens (tertiary/aromatic N) is 2. The van der Waals surface area contributed by atoms with Crippen molar-refractivity contribution in [3.05, 3.63) is 11.3 Å². The van der Waals surface area contributed by atoms with Crippen LogP contribution in [0.2, 0.25) is 0 Å². The molecule has 1 fully saturated rings. The highest BCUT2D eigenvalue weighted by atomic mass is 32.2. The van der Waals surface area contributed by atoms with E-state index >= 15 is 0 Å². The average Bonchev–Trinajstić information content (AvgIpc) is 2.94. The number of guanidine groups is 1. The molecule has 2 heterocycles. The van der Waals surface area contributed by atoms with E-state index in [2.05, 4.69) is 15.6 Å². The predicted octanol–water partition coefficient (Wildman–Crippen LogP) is -3.51. The molecule has 13 N–H and O–H groups in total. The highest BCUT2D eigenvalue weighted by molar-refractivity contribution is 8.00. The molecule has 2 aliphatic heterocycles. The van der Waals surface area contributed by atoms with Gasteiger partial charge in [-0.15, -0.1) is 11.8 Å². The van der Waals surface area contributed by atoms with Crippen molar-refractivity contribution < 1.29 is 48.8 Å². The number of carbonyl (C=O) groups excluding carboxylic acids is 4. The topological polar surface area (TPSA) is 316 Å². The molecule has 1 unspecified atom stereocenters. The molecule has 2 aliphatic rings. The third-order valence-corrected chi connectivity index (χ3v) is 8.10. The lowest BCUT2D eigenvalue weighted by Crippen LogP contribution is -2.70. The van der Waals surface area contributed by atoms with Gasteiger partial charge in [-0.25, -0.2) is 4.79 Å². The van der Waals surface area contributed by atoms with E-state index < -0.39 is 84.3 Å². The Morgan fingerprint density at radius 3 is 2.41 bits per heavy atom. The highest BCUT2D eigenvalue weighted by Gasteiger charge is 2.54. The van der Waals surface area contributed by atoms with Crippen LogP contribution in [0.3, 0.4) is 0 Å². The Bertz CT molecular complexity index is 1180. The summed E-state index contributed by atoms with van der Waals surface area (Å²) >= 11 is 1.16. The fourth-order valence-corrected chi connectivity index (χ4v) is 5.71. The largest absolute Gasteiger partial charge is 0.480 e. The first-order valence-electron chi connectivity index (χ1n) is 13.8. The van der Waals surface area contributed by atoms with E-state index in [4.69, 9.17) is 32.8 Å². The maximum Gasteiger partial charge on any atom is 0.352 e. The maximum atomic E-state index is 12.8. The molecule has 0 aromatic rings. The molecule has 246 valence electrons. The van der Waals surface area contributed by atoms with Gasteiger partial charge in [0.2, 0.25) is 11.8 Å². The molecule has 0 saturated carbocycles. The van der Waals surface area contributed by atoms with E-state index in [0.717, 1.165) is 16.7 Å². The number of carbonyl (C=O) groups is 6. The number of aliphatic imine (C=N–C) groups is 1. The number of aliphatic hydroxyl groups excluding tert-OH is 1. The molecule has 44 heavy (non-hydrogen) atoms. The van der Waals surface area contributed by atoms with Gasteiger partial charge in [-0.3, -0.25) is 33.9 Å². The summed E-state index contributed by atoms with van der Waals surface area (Å²) in [5.41, 5.74) is 21.4. The van der Waals surface area contributed by atoms with Crippen LogP contribution in [0.5, 0.6) is 0 Å². The lowest BCUT2D eigenvalue weighted by Gasteiger charge is -2.49. The molecule has 0 radical (unpaired) electrons. The number of aliphatic hydroxyl groups is 1. The summed E-state index contributed by atoms with van der Waals surface area (Å²) in [6.07, 6.45) is -1.15. The van der Waals surface area contributed by atoms with Crippen LogP contribution in [0.4, 0.5) is 0 Å². The number of ether oxygens (including phenoxy) is 1. The number of thioether (sulfide) groups is 1. The zero-order valence-corrected chi connectivity index (χ0v) is 25.0. The smallest absolute Gasteiger partial charge is 0.352 e. The van der Waals surface area contributed by atoms with Crippen LogP contribution in [-0.4, -0.2) is 116 Å². The minimum atomic E-state index is -1.43. The summed E-state index contributed by atoms with van der Waals surface area (Å²) in [6.45, 7) is 1.20. The van der Waals surface area contributed by atoms with E-state index in [1.165, 1.54) is 6.92 Å². The van der Waals surface area contributed by atoms with Crippen LogP contribution in [0.25, 0.3) is 0 Å². The fourth-order valence-electron chi connectivity index (χ4n) is 4.38. The lowest BCUT2D eigenvalue weighted by atomic mass is 10.0. The Labute approximate surface area is 256 Å². The second kappa shape index (κ2) is 16.8. The van der Waals surface area contributed by atoms with Gasteiger partial charge in [0, 0.05) is 24.3 Å². The number of rotatable bonds is 18. The number of amides is 3. The van der Waals surface area contributed by atoms with Crippen LogP contribution >= 0.6 is 11.8 Å². The monoisotopic (exact) mass is 644 g/mol. The average molecular weight is 645 g/mol. The lowest BCUT2D eigenvalue weighted by molar-refractivity contribution is -0.151. The van der Waals surface area contributed by atoms with Crippen LogP contribution in [0.15, 0.2) is 16.3 Å². The molecular formula is C25H40N8O10S. The number of hydrogen-bond acceptors (Lipinski definition) is 12. The Morgan fingerprint density at radius 2 is 1.82 bits per heavy atom. The number of nitrogens with one attached hydrogen (secondary N) is 2. The molecule has 19 heteroatoms. The van der Waals surface area contributed by atoms with Crippen molar-refractivity contribution in [1.82, 2.24) is 15.5 Å². The van der Waals surface area contributed by atoms with Gasteiger partial charge in [0.15, 0.2) is 5.96 Å². The van der Waals surface area contributed by atoms with Gasteiger partial charge in [0.25, 0.3) is 5.91 Å². The summed E-state index contributed by atoms with van der Waals surface area (Å²) in [5.74, 6) is -5.27. The normalized spacial score (nSPS) is 20.3. The Hall–Kier alpha value is -3.94. The van der Waals surface area contributed by atoms with Gasteiger partial charge >= 0.3 is 17.9 Å². The first kappa shape index (κ1) is 36.3. The number of aliphatic carboxylic acids is 2.